The van der Waals surface area contributed by atoms with E-state index in [-0.39, 0.29) is 30.7 Å². The lowest BCUT2D eigenvalue weighted by molar-refractivity contribution is 0.0694. The van der Waals surface area contributed by atoms with E-state index >= 15 is 0 Å². The van der Waals surface area contributed by atoms with Gasteiger partial charge in [0.05, 0.1) is 22.2 Å². The molecule has 0 saturated heterocycles. The topological polar surface area (TPSA) is 99.8 Å². The highest BCUT2D eigenvalue weighted by molar-refractivity contribution is 6.42. The molecule has 8 heteroatoms. The van der Waals surface area contributed by atoms with Crippen molar-refractivity contribution in [2.75, 3.05) is 6.61 Å². The number of carbonyl (C=O) groups is 1. The summed E-state index contributed by atoms with van der Waals surface area (Å²) >= 11 is 12.2. The number of aromatic hydroxyl groups is 1. The van der Waals surface area contributed by atoms with Gasteiger partial charge in [-0.1, -0.05) is 35.3 Å². The first-order chi connectivity index (χ1) is 12.8. The van der Waals surface area contributed by atoms with Crippen molar-refractivity contribution in [2.24, 2.45) is 0 Å². The standard InChI is InChI=1S/C19H15Cl2NO5/c20-14-3-1-2-10(17(14)21)6-11-7-12-15(8-16(11)24)22(4-5-23)9-13(18(12)25)19(26)27/h1-3,7-9,23-24H,4-6H2,(H,26,27). The minimum absolute atomic E-state index is 0.0762. The van der Waals surface area contributed by atoms with Crippen molar-refractivity contribution in [3.63, 3.8) is 0 Å². The number of carboxylic acid groups (broad SMARTS) is 1. The summed E-state index contributed by atoms with van der Waals surface area (Å²) in [4.78, 5) is 24.0. The molecule has 0 radical (unpaired) electrons. The van der Waals surface area contributed by atoms with E-state index in [2.05, 4.69) is 0 Å². The van der Waals surface area contributed by atoms with E-state index in [4.69, 9.17) is 23.2 Å². The lowest BCUT2D eigenvalue weighted by Crippen LogP contribution is -2.20. The molecule has 3 N–H and O–H groups in total. The molecule has 0 saturated carbocycles. The van der Waals surface area contributed by atoms with Gasteiger partial charge < -0.3 is 19.9 Å². The summed E-state index contributed by atoms with van der Waals surface area (Å²) in [5, 5.41) is 29.8. The Hall–Kier alpha value is -2.54. The average Bonchev–Trinajstić information content (AvgIpc) is 2.62. The molecular weight excluding hydrogens is 393 g/mol. The molecule has 0 bridgehead atoms. The second-order valence-corrected chi connectivity index (χ2v) is 6.77. The number of nitrogens with zero attached hydrogens (tertiary/aromatic N) is 1. The highest BCUT2D eigenvalue weighted by Gasteiger charge is 2.17. The van der Waals surface area contributed by atoms with Gasteiger partial charge in [0.25, 0.3) is 0 Å². The Morgan fingerprint density at radius 3 is 2.56 bits per heavy atom. The van der Waals surface area contributed by atoms with E-state index in [0.29, 0.717) is 26.7 Å². The van der Waals surface area contributed by atoms with Crippen molar-refractivity contribution in [3.05, 3.63) is 73.5 Å². The van der Waals surface area contributed by atoms with E-state index in [1.54, 1.807) is 18.2 Å². The van der Waals surface area contributed by atoms with Crippen LogP contribution in [0.3, 0.4) is 0 Å². The summed E-state index contributed by atoms with van der Waals surface area (Å²) < 4.78 is 1.43. The molecule has 0 aliphatic rings. The number of aliphatic hydroxyl groups excluding tert-OH is 1. The van der Waals surface area contributed by atoms with Crippen LogP contribution in [-0.4, -0.2) is 32.5 Å². The highest BCUT2D eigenvalue weighted by atomic mass is 35.5. The van der Waals surface area contributed by atoms with Crippen LogP contribution in [0.1, 0.15) is 21.5 Å². The minimum atomic E-state index is -1.36. The first-order valence-electron chi connectivity index (χ1n) is 7.99. The van der Waals surface area contributed by atoms with Crippen LogP contribution in [0.15, 0.2) is 41.3 Å². The summed E-state index contributed by atoms with van der Waals surface area (Å²) in [5.41, 5.74) is 0.321. The predicted octanol–water partition coefficient (Wildman–Crippen LogP) is 3.30. The Bertz CT molecular complexity index is 1110. The number of fused-ring (bicyclic) bond motifs is 1. The highest BCUT2D eigenvalue weighted by Crippen LogP contribution is 2.31. The Morgan fingerprint density at radius 1 is 1.15 bits per heavy atom. The molecule has 0 fully saturated rings. The molecule has 0 amide bonds. The third-order valence-corrected chi connectivity index (χ3v) is 5.12. The average molecular weight is 408 g/mol. The number of hydrogen-bond donors (Lipinski definition) is 3. The Balaban J connectivity index is 2.23. The maximum atomic E-state index is 12.6. The Kier molecular flexibility index (Phi) is 5.41. The molecule has 140 valence electrons. The second-order valence-electron chi connectivity index (χ2n) is 5.98. The number of benzene rings is 2. The smallest absolute Gasteiger partial charge is 0.341 e. The molecule has 0 aliphatic carbocycles. The first kappa shape index (κ1) is 19.2. The number of phenols is 1. The first-order valence-corrected chi connectivity index (χ1v) is 8.75. The maximum absolute atomic E-state index is 12.6. The zero-order valence-electron chi connectivity index (χ0n) is 13.9. The van der Waals surface area contributed by atoms with Crippen molar-refractivity contribution in [3.8, 4) is 5.75 Å². The summed E-state index contributed by atoms with van der Waals surface area (Å²) in [6.45, 7) is -0.173. The lowest BCUT2D eigenvalue weighted by atomic mass is 10.0. The fourth-order valence-corrected chi connectivity index (χ4v) is 3.33. The molecular formula is C19H15Cl2NO5. The van der Waals surface area contributed by atoms with E-state index in [0.717, 1.165) is 6.20 Å². The molecule has 0 unspecified atom stereocenters. The Labute approximate surface area is 163 Å². The Morgan fingerprint density at radius 2 is 1.89 bits per heavy atom. The monoisotopic (exact) mass is 407 g/mol. The van der Waals surface area contributed by atoms with Crippen LogP contribution >= 0.6 is 23.2 Å². The van der Waals surface area contributed by atoms with Gasteiger partial charge in [-0.25, -0.2) is 4.79 Å². The van der Waals surface area contributed by atoms with Crippen LogP contribution in [-0.2, 0) is 13.0 Å². The largest absolute Gasteiger partial charge is 0.508 e. The number of hydrogen-bond acceptors (Lipinski definition) is 4. The minimum Gasteiger partial charge on any atom is -0.508 e. The summed E-state index contributed by atoms with van der Waals surface area (Å²) in [5.74, 6) is -1.44. The molecule has 0 atom stereocenters. The summed E-state index contributed by atoms with van der Waals surface area (Å²) in [6, 6.07) is 7.94. The number of aromatic nitrogens is 1. The molecule has 27 heavy (non-hydrogen) atoms. The van der Waals surface area contributed by atoms with Gasteiger partial charge in [0.2, 0.25) is 5.43 Å². The SMILES string of the molecule is O=C(O)c1cn(CCO)c2cc(O)c(Cc3cccc(Cl)c3Cl)cc2c1=O. The van der Waals surface area contributed by atoms with Crippen LogP contribution in [0.5, 0.6) is 5.75 Å². The molecule has 3 aromatic rings. The van der Waals surface area contributed by atoms with E-state index in [9.17, 15) is 24.9 Å². The van der Waals surface area contributed by atoms with Crippen LogP contribution in [0, 0.1) is 0 Å². The van der Waals surface area contributed by atoms with Gasteiger partial charge in [-0.15, -0.1) is 0 Å². The van der Waals surface area contributed by atoms with E-state index in [1.807, 2.05) is 0 Å². The van der Waals surface area contributed by atoms with Gasteiger partial charge in [-0.05, 0) is 23.3 Å². The van der Waals surface area contributed by atoms with E-state index in [1.165, 1.54) is 16.7 Å². The second kappa shape index (κ2) is 7.60. The lowest BCUT2D eigenvalue weighted by Gasteiger charge is -2.14. The van der Waals surface area contributed by atoms with Gasteiger partial charge in [0.15, 0.2) is 0 Å². The summed E-state index contributed by atoms with van der Waals surface area (Å²) in [6.07, 6.45) is 1.37. The van der Waals surface area contributed by atoms with Crippen LogP contribution < -0.4 is 5.43 Å². The van der Waals surface area contributed by atoms with Gasteiger partial charge in [0, 0.05) is 30.6 Å². The number of halogens is 2. The number of phenolic OH excluding ortho intramolecular Hbond substituents is 1. The molecule has 2 aromatic carbocycles. The molecule has 1 aromatic heterocycles. The molecule has 1 heterocycles. The predicted molar refractivity (Wildman–Crippen MR) is 103 cm³/mol. The number of rotatable bonds is 5. The third kappa shape index (κ3) is 3.64. The van der Waals surface area contributed by atoms with Gasteiger partial charge >= 0.3 is 5.97 Å². The van der Waals surface area contributed by atoms with Gasteiger partial charge in [-0.3, -0.25) is 4.79 Å². The third-order valence-electron chi connectivity index (χ3n) is 4.26. The fourth-order valence-electron chi connectivity index (χ4n) is 2.95. The molecule has 0 aliphatic heterocycles. The zero-order chi connectivity index (χ0) is 19.7. The van der Waals surface area contributed by atoms with Gasteiger partial charge in [0.1, 0.15) is 11.3 Å². The van der Waals surface area contributed by atoms with Crippen molar-refractivity contribution < 1.29 is 20.1 Å². The number of aromatic carboxylic acids is 1. The van der Waals surface area contributed by atoms with Crippen LogP contribution in [0.4, 0.5) is 0 Å². The van der Waals surface area contributed by atoms with Crippen molar-refractivity contribution in [1.29, 1.82) is 0 Å². The van der Waals surface area contributed by atoms with Crippen molar-refractivity contribution in [1.82, 2.24) is 4.57 Å². The number of carboxylic acids is 1. The molecule has 6 nitrogen and oxygen atoms in total. The van der Waals surface area contributed by atoms with E-state index < -0.39 is 17.0 Å². The molecule has 0 spiro atoms. The number of pyridine rings is 1. The number of aliphatic hydroxyl groups is 1. The van der Waals surface area contributed by atoms with Crippen molar-refractivity contribution in [2.45, 2.75) is 13.0 Å². The van der Waals surface area contributed by atoms with Crippen LogP contribution in [0.2, 0.25) is 10.0 Å². The van der Waals surface area contributed by atoms with Crippen molar-refractivity contribution >= 4 is 40.1 Å². The zero-order valence-corrected chi connectivity index (χ0v) is 15.5. The quantitative estimate of drug-likeness (QED) is 0.602. The molecule has 3 rings (SSSR count). The van der Waals surface area contributed by atoms with Gasteiger partial charge in [-0.2, -0.15) is 0 Å². The normalized spacial score (nSPS) is 11.1. The summed E-state index contributed by atoms with van der Waals surface area (Å²) in [7, 11) is 0. The van der Waals surface area contributed by atoms with Crippen LogP contribution in [0.25, 0.3) is 10.9 Å². The maximum Gasteiger partial charge on any atom is 0.341 e. The fraction of sp³-hybridized carbons (Fsp3) is 0.158.